The lowest BCUT2D eigenvalue weighted by Crippen LogP contribution is -2.39. The van der Waals surface area contributed by atoms with Crippen LogP contribution in [-0.4, -0.2) is 17.6 Å². The lowest BCUT2D eigenvalue weighted by atomic mass is 10.00. The van der Waals surface area contributed by atoms with Crippen molar-refractivity contribution in [1.29, 1.82) is 5.26 Å². The van der Waals surface area contributed by atoms with E-state index >= 15 is 0 Å². The first kappa shape index (κ1) is 10.9. The Bertz CT molecular complexity index is 377. The van der Waals surface area contributed by atoms with Gasteiger partial charge in [0.1, 0.15) is 11.9 Å². The standard InChI is InChI=1S/C13H17N3/c1-2-12-5-3-4-8-16(12)13-7-6-11(9-14)10-15-13/h6-7,10,12H,2-5,8H2,1H3. The number of pyridine rings is 1. The van der Waals surface area contributed by atoms with Gasteiger partial charge in [0.2, 0.25) is 0 Å². The second kappa shape index (κ2) is 4.98. The van der Waals surface area contributed by atoms with Gasteiger partial charge in [-0.25, -0.2) is 4.98 Å². The zero-order valence-electron chi connectivity index (χ0n) is 9.69. The lowest BCUT2D eigenvalue weighted by molar-refractivity contribution is 0.447. The number of hydrogen-bond acceptors (Lipinski definition) is 3. The van der Waals surface area contributed by atoms with Crippen LogP contribution in [0.15, 0.2) is 18.3 Å². The van der Waals surface area contributed by atoms with Gasteiger partial charge >= 0.3 is 0 Å². The number of rotatable bonds is 2. The summed E-state index contributed by atoms with van der Waals surface area (Å²) in [6.45, 7) is 3.32. The normalized spacial score (nSPS) is 20.5. The Morgan fingerprint density at radius 2 is 2.38 bits per heavy atom. The van der Waals surface area contributed by atoms with E-state index in [0.717, 1.165) is 12.4 Å². The van der Waals surface area contributed by atoms with E-state index < -0.39 is 0 Å². The predicted octanol–water partition coefficient (Wildman–Crippen LogP) is 2.72. The molecular formula is C13H17N3. The van der Waals surface area contributed by atoms with Crippen molar-refractivity contribution in [3.05, 3.63) is 23.9 Å². The van der Waals surface area contributed by atoms with Crippen molar-refractivity contribution >= 4 is 5.82 Å². The summed E-state index contributed by atoms with van der Waals surface area (Å²) in [4.78, 5) is 6.75. The fraction of sp³-hybridized carbons (Fsp3) is 0.538. The van der Waals surface area contributed by atoms with E-state index in [1.54, 1.807) is 6.20 Å². The van der Waals surface area contributed by atoms with Gasteiger partial charge in [0.15, 0.2) is 0 Å². The molecule has 1 aliphatic heterocycles. The van der Waals surface area contributed by atoms with Crippen molar-refractivity contribution in [2.24, 2.45) is 0 Å². The molecule has 0 aromatic carbocycles. The smallest absolute Gasteiger partial charge is 0.128 e. The molecule has 1 saturated heterocycles. The van der Waals surface area contributed by atoms with Crippen LogP contribution in [0.25, 0.3) is 0 Å². The summed E-state index contributed by atoms with van der Waals surface area (Å²) in [5.41, 5.74) is 0.633. The average Bonchev–Trinajstić information content (AvgIpc) is 2.39. The van der Waals surface area contributed by atoms with E-state index in [2.05, 4.69) is 22.9 Å². The van der Waals surface area contributed by atoms with Gasteiger partial charge in [0.05, 0.1) is 5.56 Å². The van der Waals surface area contributed by atoms with E-state index in [0.29, 0.717) is 11.6 Å². The number of aromatic nitrogens is 1. The van der Waals surface area contributed by atoms with Crippen molar-refractivity contribution in [2.45, 2.75) is 38.6 Å². The van der Waals surface area contributed by atoms with Crippen molar-refractivity contribution in [2.75, 3.05) is 11.4 Å². The van der Waals surface area contributed by atoms with Gasteiger partial charge in [-0.05, 0) is 37.8 Å². The van der Waals surface area contributed by atoms with Crippen LogP contribution in [0.1, 0.15) is 38.2 Å². The highest BCUT2D eigenvalue weighted by molar-refractivity contribution is 5.43. The quantitative estimate of drug-likeness (QED) is 0.761. The van der Waals surface area contributed by atoms with Crippen LogP contribution in [0.2, 0.25) is 0 Å². The van der Waals surface area contributed by atoms with Gasteiger partial charge in [0, 0.05) is 18.8 Å². The first-order valence-corrected chi connectivity index (χ1v) is 5.98. The van der Waals surface area contributed by atoms with Gasteiger partial charge in [-0.2, -0.15) is 5.26 Å². The molecule has 0 aliphatic carbocycles. The molecule has 0 bridgehead atoms. The van der Waals surface area contributed by atoms with Crippen molar-refractivity contribution in [1.82, 2.24) is 4.98 Å². The zero-order valence-corrected chi connectivity index (χ0v) is 9.69. The molecule has 1 atom stereocenters. The van der Waals surface area contributed by atoms with Gasteiger partial charge < -0.3 is 4.90 Å². The summed E-state index contributed by atoms with van der Waals surface area (Å²) in [5.74, 6) is 1.02. The van der Waals surface area contributed by atoms with E-state index in [4.69, 9.17) is 5.26 Å². The first-order chi connectivity index (χ1) is 7.85. The third kappa shape index (κ3) is 2.16. The SMILES string of the molecule is CCC1CCCCN1c1ccc(C#N)cn1. The number of piperidine rings is 1. The minimum atomic E-state index is 0.620. The molecule has 0 saturated carbocycles. The number of nitrogens with zero attached hydrogens (tertiary/aromatic N) is 3. The molecule has 0 amide bonds. The molecule has 84 valence electrons. The molecule has 3 nitrogen and oxygen atoms in total. The van der Waals surface area contributed by atoms with Crippen LogP contribution >= 0.6 is 0 Å². The molecule has 3 heteroatoms. The first-order valence-electron chi connectivity index (χ1n) is 5.98. The Morgan fingerprint density at radius 1 is 1.50 bits per heavy atom. The lowest BCUT2D eigenvalue weighted by Gasteiger charge is -2.36. The largest absolute Gasteiger partial charge is 0.354 e. The highest BCUT2D eigenvalue weighted by Crippen LogP contribution is 2.24. The molecule has 2 heterocycles. The predicted molar refractivity (Wildman–Crippen MR) is 64.2 cm³/mol. The molecule has 1 aromatic heterocycles. The van der Waals surface area contributed by atoms with Gasteiger partial charge in [-0.15, -0.1) is 0 Å². The Hall–Kier alpha value is -1.56. The zero-order chi connectivity index (χ0) is 11.4. The Labute approximate surface area is 96.7 Å². The van der Waals surface area contributed by atoms with Gasteiger partial charge in [0.25, 0.3) is 0 Å². The maximum absolute atomic E-state index is 8.73. The molecular weight excluding hydrogens is 198 g/mol. The summed E-state index contributed by atoms with van der Waals surface area (Å²) in [6, 6.07) is 6.54. The third-order valence-electron chi connectivity index (χ3n) is 3.27. The monoisotopic (exact) mass is 215 g/mol. The van der Waals surface area contributed by atoms with Gasteiger partial charge in [-0.1, -0.05) is 6.92 Å². The minimum absolute atomic E-state index is 0.620. The fourth-order valence-corrected chi connectivity index (χ4v) is 2.35. The van der Waals surface area contributed by atoms with Crippen molar-refractivity contribution < 1.29 is 0 Å². The summed E-state index contributed by atoms with van der Waals surface area (Å²) < 4.78 is 0. The number of hydrogen-bond donors (Lipinski definition) is 0. The number of anilines is 1. The molecule has 1 aliphatic rings. The van der Waals surface area contributed by atoms with Crippen LogP contribution in [0.5, 0.6) is 0 Å². The van der Waals surface area contributed by atoms with Crippen molar-refractivity contribution in [3.8, 4) is 6.07 Å². The summed E-state index contributed by atoms with van der Waals surface area (Å²) in [6.07, 6.45) is 6.67. The molecule has 1 unspecified atom stereocenters. The Kier molecular flexibility index (Phi) is 3.40. The van der Waals surface area contributed by atoms with Crippen LogP contribution in [-0.2, 0) is 0 Å². The Morgan fingerprint density at radius 3 is 3.00 bits per heavy atom. The second-order valence-corrected chi connectivity index (χ2v) is 4.27. The summed E-state index contributed by atoms with van der Waals surface area (Å²) >= 11 is 0. The summed E-state index contributed by atoms with van der Waals surface area (Å²) in [5, 5.41) is 8.73. The highest BCUT2D eigenvalue weighted by Gasteiger charge is 2.21. The topological polar surface area (TPSA) is 39.9 Å². The Balaban J connectivity index is 2.18. The third-order valence-corrected chi connectivity index (χ3v) is 3.27. The number of nitriles is 1. The van der Waals surface area contributed by atoms with E-state index in [1.807, 2.05) is 12.1 Å². The van der Waals surface area contributed by atoms with E-state index in [9.17, 15) is 0 Å². The summed E-state index contributed by atoms with van der Waals surface area (Å²) in [7, 11) is 0. The molecule has 1 fully saturated rings. The van der Waals surface area contributed by atoms with E-state index in [1.165, 1.54) is 25.7 Å². The molecule has 0 radical (unpaired) electrons. The highest BCUT2D eigenvalue weighted by atomic mass is 15.2. The fourth-order valence-electron chi connectivity index (χ4n) is 2.35. The molecule has 1 aromatic rings. The van der Waals surface area contributed by atoms with Gasteiger partial charge in [-0.3, -0.25) is 0 Å². The van der Waals surface area contributed by atoms with Crippen molar-refractivity contribution in [3.63, 3.8) is 0 Å². The maximum atomic E-state index is 8.73. The molecule has 16 heavy (non-hydrogen) atoms. The van der Waals surface area contributed by atoms with Crippen LogP contribution < -0.4 is 4.90 Å². The van der Waals surface area contributed by atoms with Crippen LogP contribution in [0.3, 0.4) is 0 Å². The maximum Gasteiger partial charge on any atom is 0.128 e. The molecule has 2 rings (SSSR count). The minimum Gasteiger partial charge on any atom is -0.354 e. The second-order valence-electron chi connectivity index (χ2n) is 4.27. The molecule has 0 spiro atoms. The average molecular weight is 215 g/mol. The molecule has 0 N–H and O–H groups in total. The van der Waals surface area contributed by atoms with E-state index in [-0.39, 0.29) is 0 Å². The van der Waals surface area contributed by atoms with Crippen LogP contribution in [0, 0.1) is 11.3 Å². The van der Waals surface area contributed by atoms with Crippen LogP contribution in [0.4, 0.5) is 5.82 Å².